The first kappa shape index (κ1) is 17.1. The van der Waals surface area contributed by atoms with E-state index in [1.807, 2.05) is 24.3 Å². The first-order chi connectivity index (χ1) is 13.2. The summed E-state index contributed by atoms with van der Waals surface area (Å²) in [7, 11) is 0. The molecule has 3 aromatic rings. The molecule has 2 aromatic heterocycles. The molecule has 138 valence electrons. The number of carbonyl (C=O) groups excluding carboxylic acids is 2. The van der Waals surface area contributed by atoms with Crippen LogP contribution in [0.4, 0.5) is 0 Å². The Morgan fingerprint density at radius 3 is 2.78 bits per heavy atom. The first-order valence-corrected chi connectivity index (χ1v) is 8.77. The maximum atomic E-state index is 12.4. The number of hydrogen-bond donors (Lipinski definition) is 0. The van der Waals surface area contributed by atoms with Crippen molar-refractivity contribution in [2.45, 2.75) is 19.5 Å². The maximum Gasteiger partial charge on any atom is 0.374 e. The third-order valence-corrected chi connectivity index (χ3v) is 4.55. The fourth-order valence-corrected chi connectivity index (χ4v) is 3.12. The Bertz CT molecular complexity index is 946. The molecular weight excluding hydrogens is 346 g/mol. The van der Waals surface area contributed by atoms with Crippen molar-refractivity contribution in [3.05, 3.63) is 77.5 Å². The average Bonchev–Trinajstić information content (AvgIpc) is 3.38. The molecule has 27 heavy (non-hydrogen) atoms. The van der Waals surface area contributed by atoms with Crippen LogP contribution < -0.4 is 0 Å². The highest BCUT2D eigenvalue weighted by Crippen LogP contribution is 2.18. The Morgan fingerprint density at radius 2 is 1.96 bits per heavy atom. The molecule has 0 saturated heterocycles. The van der Waals surface area contributed by atoms with Gasteiger partial charge in [0.25, 0.3) is 5.91 Å². The number of carbonyl (C=O) groups is 2. The number of furan rings is 1. The minimum Gasteiger partial charge on any atom is -0.452 e. The summed E-state index contributed by atoms with van der Waals surface area (Å²) in [5, 5.41) is 4.08. The topological polar surface area (TPSA) is 77.6 Å². The molecule has 1 aliphatic rings. The number of hydrogen-bond acceptors (Lipinski definition) is 5. The second-order valence-corrected chi connectivity index (χ2v) is 6.38. The molecule has 0 aliphatic carbocycles. The van der Waals surface area contributed by atoms with E-state index in [1.165, 1.54) is 5.56 Å². The third-order valence-electron chi connectivity index (χ3n) is 4.55. The number of aromatic nitrogens is 2. The van der Waals surface area contributed by atoms with Crippen molar-refractivity contribution in [1.82, 2.24) is 14.7 Å². The Balaban J connectivity index is 1.30. The summed E-state index contributed by atoms with van der Waals surface area (Å²) in [6.07, 6.45) is 4.28. The van der Waals surface area contributed by atoms with E-state index in [4.69, 9.17) is 9.15 Å². The van der Waals surface area contributed by atoms with Crippen LogP contribution in [0.5, 0.6) is 0 Å². The Morgan fingerprint density at radius 1 is 1.11 bits per heavy atom. The van der Waals surface area contributed by atoms with Gasteiger partial charge in [-0.1, -0.05) is 24.3 Å². The number of rotatable bonds is 5. The smallest absolute Gasteiger partial charge is 0.374 e. The van der Waals surface area contributed by atoms with E-state index >= 15 is 0 Å². The highest BCUT2D eigenvalue weighted by molar-refractivity contribution is 5.88. The molecule has 1 aromatic carbocycles. The predicted octanol–water partition coefficient (Wildman–Crippen LogP) is 2.27. The normalized spacial score (nSPS) is 13.3. The standard InChI is InChI=1S/C20H19N3O4/c24-19(22-11-8-15-4-1-2-5-16(15)12-22)14-26-20(25)18-7-6-17(27-18)13-23-10-3-9-21-23/h1-7,9-10H,8,11-14H2. The number of ether oxygens (including phenoxy) is 1. The Hall–Kier alpha value is -3.35. The van der Waals surface area contributed by atoms with Crippen molar-refractivity contribution in [2.24, 2.45) is 0 Å². The van der Waals surface area contributed by atoms with Crippen molar-refractivity contribution < 1.29 is 18.7 Å². The molecule has 3 heterocycles. The van der Waals surface area contributed by atoms with E-state index in [1.54, 1.807) is 34.1 Å². The fraction of sp³-hybridized carbons (Fsp3) is 0.250. The minimum absolute atomic E-state index is 0.0777. The molecule has 0 fully saturated rings. The van der Waals surface area contributed by atoms with E-state index in [2.05, 4.69) is 11.2 Å². The number of fused-ring (bicyclic) bond motifs is 1. The van der Waals surface area contributed by atoms with Crippen LogP contribution in [0.2, 0.25) is 0 Å². The van der Waals surface area contributed by atoms with Gasteiger partial charge in [-0.05, 0) is 35.7 Å². The molecular formula is C20H19N3O4. The largest absolute Gasteiger partial charge is 0.452 e. The number of nitrogens with zero attached hydrogens (tertiary/aromatic N) is 3. The number of esters is 1. The van der Waals surface area contributed by atoms with Gasteiger partial charge in [0, 0.05) is 25.5 Å². The van der Waals surface area contributed by atoms with Gasteiger partial charge in [-0.15, -0.1) is 0 Å². The maximum absolute atomic E-state index is 12.4. The van der Waals surface area contributed by atoms with Crippen LogP contribution in [0.15, 0.2) is 59.3 Å². The van der Waals surface area contributed by atoms with Crippen LogP contribution in [-0.2, 0) is 29.0 Å². The summed E-state index contributed by atoms with van der Waals surface area (Å²) in [5.74, 6) is -0.188. The van der Waals surface area contributed by atoms with Gasteiger partial charge >= 0.3 is 5.97 Å². The molecule has 0 N–H and O–H groups in total. The number of benzene rings is 1. The van der Waals surface area contributed by atoms with Crippen molar-refractivity contribution >= 4 is 11.9 Å². The van der Waals surface area contributed by atoms with E-state index in [9.17, 15) is 9.59 Å². The quantitative estimate of drug-likeness (QED) is 0.648. The molecule has 0 radical (unpaired) electrons. The molecule has 0 bridgehead atoms. The Labute approximate surface area is 156 Å². The zero-order valence-electron chi connectivity index (χ0n) is 14.7. The lowest BCUT2D eigenvalue weighted by Gasteiger charge is -2.28. The second-order valence-electron chi connectivity index (χ2n) is 6.38. The third kappa shape index (κ3) is 3.92. The average molecular weight is 365 g/mol. The highest BCUT2D eigenvalue weighted by atomic mass is 16.5. The van der Waals surface area contributed by atoms with Crippen LogP contribution in [0.1, 0.15) is 27.4 Å². The van der Waals surface area contributed by atoms with Gasteiger partial charge in [-0.25, -0.2) is 4.79 Å². The number of amides is 1. The molecule has 0 atom stereocenters. The van der Waals surface area contributed by atoms with Crippen LogP contribution in [0.3, 0.4) is 0 Å². The van der Waals surface area contributed by atoms with Crippen molar-refractivity contribution in [3.8, 4) is 0 Å². The van der Waals surface area contributed by atoms with Crippen molar-refractivity contribution in [3.63, 3.8) is 0 Å². The van der Waals surface area contributed by atoms with Crippen LogP contribution in [0.25, 0.3) is 0 Å². The molecule has 4 rings (SSSR count). The summed E-state index contributed by atoms with van der Waals surface area (Å²) in [6.45, 7) is 1.30. The fourth-order valence-electron chi connectivity index (χ4n) is 3.12. The van der Waals surface area contributed by atoms with Crippen molar-refractivity contribution in [2.75, 3.05) is 13.2 Å². The van der Waals surface area contributed by atoms with Crippen LogP contribution >= 0.6 is 0 Å². The summed E-state index contributed by atoms with van der Waals surface area (Å²) in [6, 6.07) is 13.1. The monoisotopic (exact) mass is 365 g/mol. The summed E-state index contributed by atoms with van der Waals surface area (Å²) in [5.41, 5.74) is 2.40. The van der Waals surface area contributed by atoms with Crippen LogP contribution in [-0.4, -0.2) is 39.7 Å². The molecule has 7 heteroatoms. The second kappa shape index (κ2) is 7.49. The van der Waals surface area contributed by atoms with Gasteiger partial charge in [0.15, 0.2) is 6.61 Å². The minimum atomic E-state index is -0.646. The van der Waals surface area contributed by atoms with Gasteiger partial charge in [-0.3, -0.25) is 9.48 Å². The van der Waals surface area contributed by atoms with Crippen LogP contribution in [0, 0.1) is 0 Å². The van der Waals surface area contributed by atoms with Gasteiger partial charge in [-0.2, -0.15) is 5.10 Å². The van der Waals surface area contributed by atoms with Crippen molar-refractivity contribution in [1.29, 1.82) is 0 Å². The lowest BCUT2D eigenvalue weighted by Crippen LogP contribution is -2.38. The van der Waals surface area contributed by atoms with Gasteiger partial charge in [0.2, 0.25) is 5.76 Å². The highest BCUT2D eigenvalue weighted by Gasteiger charge is 2.22. The molecule has 7 nitrogen and oxygen atoms in total. The summed E-state index contributed by atoms with van der Waals surface area (Å²) in [4.78, 5) is 26.2. The van der Waals surface area contributed by atoms with E-state index in [-0.39, 0.29) is 18.3 Å². The Kier molecular flexibility index (Phi) is 4.74. The molecule has 1 aliphatic heterocycles. The predicted molar refractivity (Wildman–Crippen MR) is 95.9 cm³/mol. The van der Waals surface area contributed by atoms with Gasteiger partial charge < -0.3 is 14.1 Å². The van der Waals surface area contributed by atoms with Gasteiger partial charge in [0.05, 0.1) is 6.54 Å². The lowest BCUT2D eigenvalue weighted by molar-refractivity contribution is -0.135. The molecule has 0 saturated carbocycles. The molecule has 0 spiro atoms. The lowest BCUT2D eigenvalue weighted by atomic mass is 10.00. The van der Waals surface area contributed by atoms with Gasteiger partial charge in [0.1, 0.15) is 5.76 Å². The van der Waals surface area contributed by atoms with E-state index in [0.29, 0.717) is 25.4 Å². The molecule has 0 unspecified atom stereocenters. The zero-order valence-corrected chi connectivity index (χ0v) is 14.7. The van der Waals surface area contributed by atoms with E-state index in [0.717, 1.165) is 12.0 Å². The SMILES string of the molecule is O=C(OCC(=O)N1CCc2ccccc2C1)c1ccc(Cn2cccn2)o1. The first-order valence-electron chi connectivity index (χ1n) is 8.77. The summed E-state index contributed by atoms with van der Waals surface area (Å²) >= 11 is 0. The summed E-state index contributed by atoms with van der Waals surface area (Å²) < 4.78 is 12.3. The van der Waals surface area contributed by atoms with E-state index < -0.39 is 5.97 Å². The zero-order chi connectivity index (χ0) is 18.6. The molecule has 1 amide bonds.